The number of carbonyl (C=O) groups is 1. The number of aryl methyl sites for hydroxylation is 1. The summed E-state index contributed by atoms with van der Waals surface area (Å²) in [5.41, 5.74) is 7.37. The van der Waals surface area contributed by atoms with Gasteiger partial charge in [-0.2, -0.15) is 0 Å². The third-order valence-electron chi connectivity index (χ3n) is 3.98. The number of ether oxygens (including phenoxy) is 2. The summed E-state index contributed by atoms with van der Waals surface area (Å²) in [6.45, 7) is 3.40. The average molecular weight is 262 g/mol. The van der Waals surface area contributed by atoms with Crippen LogP contribution in [-0.4, -0.2) is 25.8 Å². The first kappa shape index (κ1) is 12.3. The van der Waals surface area contributed by atoms with E-state index in [-0.39, 0.29) is 18.1 Å². The van der Waals surface area contributed by atoms with Crippen LogP contribution in [0.1, 0.15) is 28.8 Å². The number of amides is 1. The molecule has 5 heteroatoms. The fourth-order valence-electron chi connectivity index (χ4n) is 2.28. The van der Waals surface area contributed by atoms with E-state index in [1.165, 1.54) is 0 Å². The molecule has 3 N–H and O–H groups in total. The standard InChI is InChI=1S/C14H18N2O3/c1-9-4-11-12(19-8-18-11)5-10(9)13(17)16-7-14(6-15)2-3-14/h4-5H,2-3,6-8,15H2,1H3,(H,16,17). The summed E-state index contributed by atoms with van der Waals surface area (Å²) in [6, 6.07) is 3.59. The molecule has 1 fully saturated rings. The van der Waals surface area contributed by atoms with Gasteiger partial charge in [0.2, 0.25) is 6.79 Å². The molecule has 102 valence electrons. The van der Waals surface area contributed by atoms with Gasteiger partial charge in [0.25, 0.3) is 5.91 Å². The van der Waals surface area contributed by atoms with Gasteiger partial charge >= 0.3 is 0 Å². The Morgan fingerprint density at radius 2 is 2.05 bits per heavy atom. The molecule has 1 heterocycles. The molecule has 3 rings (SSSR count). The Bertz CT molecular complexity index is 524. The Hall–Kier alpha value is -1.75. The molecule has 19 heavy (non-hydrogen) atoms. The second-order valence-electron chi connectivity index (χ2n) is 5.41. The van der Waals surface area contributed by atoms with E-state index in [9.17, 15) is 4.79 Å². The molecule has 1 aromatic carbocycles. The van der Waals surface area contributed by atoms with Gasteiger partial charge in [-0.05, 0) is 44.0 Å². The number of carbonyl (C=O) groups excluding carboxylic acids is 1. The molecule has 0 atom stereocenters. The molecule has 1 amide bonds. The van der Waals surface area contributed by atoms with Crippen molar-refractivity contribution in [2.24, 2.45) is 11.1 Å². The van der Waals surface area contributed by atoms with Gasteiger partial charge in [-0.1, -0.05) is 0 Å². The number of nitrogens with two attached hydrogens (primary N) is 1. The maximum Gasteiger partial charge on any atom is 0.251 e. The van der Waals surface area contributed by atoms with Crippen LogP contribution in [0.2, 0.25) is 0 Å². The van der Waals surface area contributed by atoms with Crippen LogP contribution in [0.25, 0.3) is 0 Å². The minimum Gasteiger partial charge on any atom is -0.454 e. The van der Waals surface area contributed by atoms with E-state index in [0.717, 1.165) is 18.4 Å². The molecule has 0 spiro atoms. The molecule has 0 aromatic heterocycles. The molecular formula is C14H18N2O3. The molecule has 0 bridgehead atoms. The lowest BCUT2D eigenvalue weighted by Crippen LogP contribution is -2.34. The second-order valence-corrected chi connectivity index (χ2v) is 5.41. The maximum atomic E-state index is 12.2. The van der Waals surface area contributed by atoms with E-state index in [1.807, 2.05) is 13.0 Å². The van der Waals surface area contributed by atoms with Crippen molar-refractivity contribution >= 4 is 5.91 Å². The topological polar surface area (TPSA) is 73.6 Å². The van der Waals surface area contributed by atoms with Gasteiger partial charge in [-0.25, -0.2) is 0 Å². The van der Waals surface area contributed by atoms with Gasteiger partial charge in [-0.15, -0.1) is 0 Å². The lowest BCUT2D eigenvalue weighted by atomic mass is 10.1. The molecule has 1 aliphatic heterocycles. The number of rotatable bonds is 4. The molecule has 0 unspecified atom stereocenters. The predicted molar refractivity (Wildman–Crippen MR) is 70.4 cm³/mol. The van der Waals surface area contributed by atoms with Gasteiger partial charge < -0.3 is 20.5 Å². The minimum absolute atomic E-state index is 0.0736. The fourth-order valence-corrected chi connectivity index (χ4v) is 2.28. The van der Waals surface area contributed by atoms with Crippen LogP contribution < -0.4 is 20.5 Å². The summed E-state index contributed by atoms with van der Waals surface area (Å²) in [6.07, 6.45) is 2.20. The van der Waals surface area contributed by atoms with Crippen molar-refractivity contribution < 1.29 is 14.3 Å². The first-order valence-corrected chi connectivity index (χ1v) is 6.52. The summed E-state index contributed by atoms with van der Waals surface area (Å²) in [5.74, 6) is 1.26. The van der Waals surface area contributed by atoms with Gasteiger partial charge in [0, 0.05) is 17.5 Å². The minimum atomic E-state index is -0.0736. The van der Waals surface area contributed by atoms with E-state index in [4.69, 9.17) is 15.2 Å². The zero-order valence-electron chi connectivity index (χ0n) is 11.0. The van der Waals surface area contributed by atoms with E-state index < -0.39 is 0 Å². The average Bonchev–Trinajstić information content (AvgIpc) is 3.06. The van der Waals surface area contributed by atoms with Crippen LogP contribution in [0, 0.1) is 12.3 Å². The summed E-state index contributed by atoms with van der Waals surface area (Å²) in [7, 11) is 0. The van der Waals surface area contributed by atoms with Crippen LogP contribution in [0.5, 0.6) is 11.5 Å². The number of hydrogen-bond donors (Lipinski definition) is 2. The Balaban J connectivity index is 1.73. The van der Waals surface area contributed by atoms with Crippen molar-refractivity contribution in [2.75, 3.05) is 19.9 Å². The molecular weight excluding hydrogens is 244 g/mol. The van der Waals surface area contributed by atoms with Crippen molar-refractivity contribution in [3.63, 3.8) is 0 Å². The normalized spacial score (nSPS) is 18.2. The predicted octanol–water partition coefficient (Wildman–Crippen LogP) is 1.19. The Morgan fingerprint density at radius 3 is 2.68 bits per heavy atom. The van der Waals surface area contributed by atoms with Crippen LogP contribution in [0.3, 0.4) is 0 Å². The molecule has 0 saturated heterocycles. The lowest BCUT2D eigenvalue weighted by molar-refractivity contribution is 0.0944. The number of benzene rings is 1. The Morgan fingerprint density at radius 1 is 1.37 bits per heavy atom. The SMILES string of the molecule is Cc1cc2c(cc1C(=O)NCC1(CN)CC1)OCO2. The highest BCUT2D eigenvalue weighted by Gasteiger charge is 2.41. The van der Waals surface area contributed by atoms with Gasteiger partial charge in [0.15, 0.2) is 11.5 Å². The monoisotopic (exact) mass is 262 g/mol. The molecule has 1 saturated carbocycles. The summed E-state index contributed by atoms with van der Waals surface area (Å²) < 4.78 is 10.6. The molecule has 2 aliphatic rings. The first-order chi connectivity index (χ1) is 9.13. The van der Waals surface area contributed by atoms with Crippen LogP contribution in [0.4, 0.5) is 0 Å². The fraction of sp³-hybridized carbons (Fsp3) is 0.500. The van der Waals surface area contributed by atoms with Crippen molar-refractivity contribution in [3.8, 4) is 11.5 Å². The second kappa shape index (κ2) is 4.42. The van der Waals surface area contributed by atoms with E-state index in [2.05, 4.69) is 5.32 Å². The van der Waals surface area contributed by atoms with Gasteiger partial charge in [-0.3, -0.25) is 4.79 Å². The van der Waals surface area contributed by atoms with E-state index in [1.54, 1.807) is 6.07 Å². The Kier molecular flexibility index (Phi) is 2.86. The van der Waals surface area contributed by atoms with E-state index in [0.29, 0.717) is 30.2 Å². The van der Waals surface area contributed by atoms with Crippen LogP contribution in [-0.2, 0) is 0 Å². The Labute approximate surface area is 112 Å². The summed E-state index contributed by atoms with van der Waals surface area (Å²) in [4.78, 5) is 12.2. The van der Waals surface area contributed by atoms with E-state index >= 15 is 0 Å². The first-order valence-electron chi connectivity index (χ1n) is 6.52. The molecule has 1 aromatic rings. The summed E-state index contributed by atoms with van der Waals surface area (Å²) in [5, 5.41) is 2.97. The third-order valence-corrected chi connectivity index (χ3v) is 3.98. The number of nitrogens with one attached hydrogen (secondary N) is 1. The van der Waals surface area contributed by atoms with Crippen molar-refractivity contribution in [2.45, 2.75) is 19.8 Å². The maximum absolute atomic E-state index is 12.2. The number of hydrogen-bond acceptors (Lipinski definition) is 4. The van der Waals surface area contributed by atoms with Crippen molar-refractivity contribution in [3.05, 3.63) is 23.3 Å². The molecule has 0 radical (unpaired) electrons. The summed E-state index contributed by atoms with van der Waals surface area (Å²) >= 11 is 0. The van der Waals surface area contributed by atoms with Gasteiger partial charge in [0.05, 0.1) is 0 Å². The third kappa shape index (κ3) is 2.26. The molecule has 5 nitrogen and oxygen atoms in total. The van der Waals surface area contributed by atoms with Crippen molar-refractivity contribution in [1.29, 1.82) is 0 Å². The zero-order chi connectivity index (χ0) is 13.5. The van der Waals surface area contributed by atoms with Crippen LogP contribution >= 0.6 is 0 Å². The highest BCUT2D eigenvalue weighted by Crippen LogP contribution is 2.43. The van der Waals surface area contributed by atoms with Crippen molar-refractivity contribution in [1.82, 2.24) is 5.32 Å². The van der Waals surface area contributed by atoms with Gasteiger partial charge in [0.1, 0.15) is 0 Å². The lowest BCUT2D eigenvalue weighted by Gasteiger charge is -2.14. The largest absolute Gasteiger partial charge is 0.454 e. The molecule has 1 aliphatic carbocycles. The highest BCUT2D eigenvalue weighted by molar-refractivity contribution is 5.96. The quantitative estimate of drug-likeness (QED) is 0.855. The number of fused-ring (bicyclic) bond motifs is 1. The zero-order valence-corrected chi connectivity index (χ0v) is 11.0. The highest BCUT2D eigenvalue weighted by atomic mass is 16.7. The smallest absolute Gasteiger partial charge is 0.251 e. The van der Waals surface area contributed by atoms with Crippen LogP contribution in [0.15, 0.2) is 12.1 Å².